The second-order valence-corrected chi connectivity index (χ2v) is 4.96. The highest BCUT2D eigenvalue weighted by Crippen LogP contribution is 2.41. The van der Waals surface area contributed by atoms with Crippen LogP contribution in [0, 0.1) is 0 Å². The predicted octanol–water partition coefficient (Wildman–Crippen LogP) is 3.25. The molecule has 1 aromatic heterocycles. The molecule has 0 aliphatic carbocycles. The number of anilines is 1. The Balaban J connectivity index is 2.84. The summed E-state index contributed by atoms with van der Waals surface area (Å²) < 4.78 is 7.29. The van der Waals surface area contributed by atoms with E-state index in [0.29, 0.717) is 0 Å². The molecule has 2 aromatic rings. The van der Waals surface area contributed by atoms with Gasteiger partial charge < -0.3 is 10.5 Å². The van der Waals surface area contributed by atoms with Crippen LogP contribution in [0.25, 0.3) is 10.1 Å². The summed E-state index contributed by atoms with van der Waals surface area (Å²) >= 11 is 5.01. The van der Waals surface area contributed by atoms with Crippen molar-refractivity contribution in [3.8, 4) is 5.75 Å². The second kappa shape index (κ2) is 3.20. The van der Waals surface area contributed by atoms with E-state index in [-0.39, 0.29) is 0 Å². The van der Waals surface area contributed by atoms with Crippen molar-refractivity contribution in [2.45, 2.75) is 0 Å². The summed E-state index contributed by atoms with van der Waals surface area (Å²) in [6.45, 7) is 0. The van der Waals surface area contributed by atoms with Crippen LogP contribution in [0.5, 0.6) is 5.75 Å². The van der Waals surface area contributed by atoms with Gasteiger partial charge in [-0.1, -0.05) is 12.1 Å². The molecule has 13 heavy (non-hydrogen) atoms. The first kappa shape index (κ1) is 8.84. The van der Waals surface area contributed by atoms with Gasteiger partial charge in [0.1, 0.15) is 5.75 Å². The molecule has 2 rings (SSSR count). The summed E-state index contributed by atoms with van der Waals surface area (Å²) in [4.78, 5) is 0. The fraction of sp³-hybridized carbons (Fsp3) is 0.111. The Labute approximate surface area is 88.4 Å². The van der Waals surface area contributed by atoms with E-state index < -0.39 is 0 Å². The highest BCUT2D eigenvalue weighted by atomic mass is 79.9. The van der Waals surface area contributed by atoms with Gasteiger partial charge in [0.2, 0.25) is 0 Å². The molecule has 0 fully saturated rings. The molecule has 0 aliphatic heterocycles. The molecular weight excluding hydrogens is 250 g/mol. The minimum absolute atomic E-state index is 0.791. The van der Waals surface area contributed by atoms with Crippen LogP contribution in [0.2, 0.25) is 0 Å². The van der Waals surface area contributed by atoms with E-state index in [0.717, 1.165) is 25.3 Å². The summed E-state index contributed by atoms with van der Waals surface area (Å²) in [5, 5.41) is 1.05. The van der Waals surface area contributed by atoms with Crippen LogP contribution in [0.15, 0.2) is 22.0 Å². The van der Waals surface area contributed by atoms with Crippen LogP contribution in [0.1, 0.15) is 0 Å². The van der Waals surface area contributed by atoms with Crippen LogP contribution < -0.4 is 10.5 Å². The Morgan fingerprint density at radius 1 is 1.46 bits per heavy atom. The zero-order valence-corrected chi connectivity index (χ0v) is 9.41. The average molecular weight is 258 g/mol. The van der Waals surface area contributed by atoms with Crippen molar-refractivity contribution in [2.24, 2.45) is 0 Å². The van der Waals surface area contributed by atoms with Crippen LogP contribution in [-0.4, -0.2) is 7.11 Å². The maximum absolute atomic E-state index is 5.87. The molecular formula is C9H8BrNOS. The van der Waals surface area contributed by atoms with Crippen molar-refractivity contribution in [3.05, 3.63) is 22.0 Å². The van der Waals surface area contributed by atoms with Crippen LogP contribution in [-0.2, 0) is 0 Å². The molecule has 0 spiro atoms. The Morgan fingerprint density at radius 3 is 2.92 bits per heavy atom. The van der Waals surface area contributed by atoms with Crippen molar-refractivity contribution in [1.82, 2.24) is 0 Å². The van der Waals surface area contributed by atoms with E-state index >= 15 is 0 Å². The summed E-state index contributed by atoms with van der Waals surface area (Å²) in [7, 11) is 1.67. The number of thiophene rings is 1. The SMILES string of the molecule is COc1cccc2c(N)c(Br)sc12. The first-order valence-corrected chi connectivity index (χ1v) is 5.35. The molecule has 4 heteroatoms. The number of nitrogens with two attached hydrogens (primary N) is 1. The first-order valence-electron chi connectivity index (χ1n) is 3.74. The first-order chi connectivity index (χ1) is 6.24. The number of rotatable bonds is 1. The average Bonchev–Trinajstić information content (AvgIpc) is 2.43. The zero-order valence-electron chi connectivity index (χ0n) is 7.00. The summed E-state index contributed by atoms with van der Waals surface area (Å²) in [6, 6.07) is 5.87. The Hall–Kier alpha value is -0.740. The topological polar surface area (TPSA) is 35.2 Å². The van der Waals surface area contributed by atoms with Gasteiger partial charge in [0.15, 0.2) is 0 Å². The van der Waals surface area contributed by atoms with E-state index in [1.165, 1.54) is 0 Å². The maximum Gasteiger partial charge on any atom is 0.136 e. The Morgan fingerprint density at radius 2 is 2.23 bits per heavy atom. The number of ether oxygens (including phenoxy) is 1. The van der Waals surface area contributed by atoms with Crippen LogP contribution in [0.3, 0.4) is 0 Å². The summed E-state index contributed by atoms with van der Waals surface area (Å²) in [6.07, 6.45) is 0. The smallest absolute Gasteiger partial charge is 0.136 e. The van der Waals surface area contributed by atoms with Gasteiger partial charge in [0.05, 0.1) is 21.3 Å². The van der Waals surface area contributed by atoms with E-state index in [1.807, 2.05) is 18.2 Å². The number of halogens is 1. The second-order valence-electron chi connectivity index (χ2n) is 2.63. The number of nitrogen functional groups attached to an aromatic ring is 1. The van der Waals surface area contributed by atoms with Crippen molar-refractivity contribution in [1.29, 1.82) is 0 Å². The molecule has 0 atom stereocenters. The van der Waals surface area contributed by atoms with E-state index in [1.54, 1.807) is 18.4 Å². The number of hydrogen-bond acceptors (Lipinski definition) is 3. The van der Waals surface area contributed by atoms with Gasteiger partial charge in [0.25, 0.3) is 0 Å². The number of hydrogen-bond donors (Lipinski definition) is 1. The quantitative estimate of drug-likeness (QED) is 0.852. The molecule has 0 aliphatic rings. The van der Waals surface area contributed by atoms with Crippen molar-refractivity contribution >= 4 is 43.0 Å². The highest BCUT2D eigenvalue weighted by molar-refractivity contribution is 9.11. The molecule has 1 aromatic carbocycles. The van der Waals surface area contributed by atoms with Gasteiger partial charge in [-0.15, -0.1) is 11.3 Å². The van der Waals surface area contributed by atoms with E-state index in [9.17, 15) is 0 Å². The summed E-state index contributed by atoms with van der Waals surface area (Å²) in [5.74, 6) is 0.875. The zero-order chi connectivity index (χ0) is 9.42. The normalized spacial score (nSPS) is 10.6. The minimum atomic E-state index is 0.791. The van der Waals surface area contributed by atoms with Gasteiger partial charge in [-0.25, -0.2) is 0 Å². The van der Waals surface area contributed by atoms with Crippen LogP contribution >= 0.6 is 27.3 Å². The monoisotopic (exact) mass is 257 g/mol. The minimum Gasteiger partial charge on any atom is -0.495 e. The van der Waals surface area contributed by atoms with Crippen LogP contribution in [0.4, 0.5) is 5.69 Å². The lowest BCUT2D eigenvalue weighted by Crippen LogP contribution is -1.84. The fourth-order valence-corrected chi connectivity index (χ4v) is 2.88. The highest BCUT2D eigenvalue weighted by Gasteiger charge is 2.09. The van der Waals surface area contributed by atoms with Gasteiger partial charge in [-0.2, -0.15) is 0 Å². The number of methoxy groups -OCH3 is 1. The molecule has 68 valence electrons. The third-order valence-electron chi connectivity index (χ3n) is 1.89. The van der Waals surface area contributed by atoms with Crippen molar-refractivity contribution < 1.29 is 4.74 Å². The maximum atomic E-state index is 5.87. The van der Waals surface area contributed by atoms with Gasteiger partial charge in [0, 0.05) is 5.39 Å². The van der Waals surface area contributed by atoms with E-state index in [2.05, 4.69) is 15.9 Å². The molecule has 1 heterocycles. The summed E-state index contributed by atoms with van der Waals surface area (Å²) in [5.41, 5.74) is 6.66. The third kappa shape index (κ3) is 1.30. The van der Waals surface area contributed by atoms with Gasteiger partial charge in [-0.05, 0) is 22.0 Å². The molecule has 2 nitrogen and oxygen atoms in total. The molecule has 0 unspecified atom stereocenters. The van der Waals surface area contributed by atoms with Gasteiger partial charge >= 0.3 is 0 Å². The van der Waals surface area contributed by atoms with Crippen molar-refractivity contribution in [2.75, 3.05) is 12.8 Å². The van der Waals surface area contributed by atoms with Crippen molar-refractivity contribution in [3.63, 3.8) is 0 Å². The fourth-order valence-electron chi connectivity index (χ4n) is 1.24. The lowest BCUT2D eigenvalue weighted by molar-refractivity contribution is 0.420. The predicted molar refractivity (Wildman–Crippen MR) is 60.5 cm³/mol. The largest absolute Gasteiger partial charge is 0.495 e. The molecule has 0 saturated heterocycles. The molecule has 0 amide bonds. The number of fused-ring (bicyclic) bond motifs is 1. The molecule has 2 N–H and O–H groups in total. The number of benzene rings is 1. The Bertz CT molecular complexity index is 452. The molecule has 0 bridgehead atoms. The molecule has 0 radical (unpaired) electrons. The van der Waals surface area contributed by atoms with Gasteiger partial charge in [-0.3, -0.25) is 0 Å². The third-order valence-corrected chi connectivity index (χ3v) is 3.83. The lowest BCUT2D eigenvalue weighted by Gasteiger charge is -1.99. The van der Waals surface area contributed by atoms with E-state index in [4.69, 9.17) is 10.5 Å². The molecule has 0 saturated carbocycles. The standard InChI is InChI=1S/C9H8BrNOS/c1-12-6-4-2-3-5-7(11)9(10)13-8(5)6/h2-4H,11H2,1H3. The Kier molecular flexibility index (Phi) is 2.17. The lowest BCUT2D eigenvalue weighted by atomic mass is 10.2.